The Kier molecular flexibility index (Phi) is 6.84. The minimum Gasteiger partial charge on any atom is -0.379 e. The number of amides is 5. The van der Waals surface area contributed by atoms with Gasteiger partial charge in [-0.2, -0.15) is 4.31 Å². The first-order chi connectivity index (χ1) is 16.2. The normalized spacial score (nSPS) is 20.3. The van der Waals surface area contributed by atoms with Crippen LogP contribution in [0.25, 0.3) is 0 Å². The van der Waals surface area contributed by atoms with Crippen molar-refractivity contribution in [1.82, 2.24) is 14.1 Å². The van der Waals surface area contributed by atoms with Gasteiger partial charge in [0.2, 0.25) is 15.9 Å². The number of nitrogens with one attached hydrogen (secondary N) is 1. The summed E-state index contributed by atoms with van der Waals surface area (Å²) >= 11 is 0. The summed E-state index contributed by atoms with van der Waals surface area (Å²) in [6.45, 7) is 2.32. The van der Waals surface area contributed by atoms with Gasteiger partial charge in [0.25, 0.3) is 0 Å². The van der Waals surface area contributed by atoms with Crippen LogP contribution in [0.4, 0.5) is 16.2 Å². The number of carbonyl (C=O) groups is 4. The molecule has 5 amide bonds. The zero-order valence-corrected chi connectivity index (χ0v) is 19.4. The molecule has 0 atom stereocenters. The van der Waals surface area contributed by atoms with E-state index in [9.17, 15) is 27.6 Å². The summed E-state index contributed by atoms with van der Waals surface area (Å²) in [5, 5.41) is 2.62. The Balaban J connectivity index is 1.61. The maximum absolute atomic E-state index is 13.1. The van der Waals surface area contributed by atoms with Gasteiger partial charge in [0, 0.05) is 33.2 Å². The number of sulfonamides is 1. The van der Waals surface area contributed by atoms with Gasteiger partial charge in [-0.1, -0.05) is 0 Å². The van der Waals surface area contributed by atoms with Crippen LogP contribution < -0.4 is 10.2 Å². The third kappa shape index (κ3) is 4.61. The lowest BCUT2D eigenvalue weighted by molar-refractivity contribution is -0.143. The lowest BCUT2D eigenvalue weighted by Gasteiger charge is -2.31. The van der Waals surface area contributed by atoms with E-state index in [4.69, 9.17) is 9.47 Å². The van der Waals surface area contributed by atoms with E-state index in [0.717, 1.165) is 7.05 Å². The number of hydrogen-bond acceptors (Lipinski definition) is 9. The number of likely N-dealkylation sites (N-methyl/N-ethyl adjacent to an activating group) is 1. The number of hydrogen-bond donors (Lipinski definition) is 1. The quantitative estimate of drug-likeness (QED) is 0.384. The van der Waals surface area contributed by atoms with Crippen LogP contribution in [0.15, 0.2) is 23.1 Å². The lowest BCUT2D eigenvalue weighted by Crippen LogP contribution is -2.41. The van der Waals surface area contributed by atoms with Gasteiger partial charge in [-0.05, 0) is 18.2 Å². The fraction of sp³-hybridized carbons (Fsp3) is 0.500. The Bertz CT molecular complexity index is 1110. The topological polar surface area (TPSA) is 146 Å². The zero-order valence-electron chi connectivity index (χ0n) is 18.6. The van der Waals surface area contributed by atoms with Gasteiger partial charge in [-0.25, -0.2) is 18.1 Å². The molecule has 0 radical (unpaired) electrons. The van der Waals surface area contributed by atoms with Gasteiger partial charge in [-0.15, -0.1) is 0 Å². The molecule has 0 aromatic heterocycles. The number of morpholine rings is 2. The summed E-state index contributed by atoms with van der Waals surface area (Å²) in [5.74, 6) is -2.87. The lowest BCUT2D eigenvalue weighted by atomic mass is 10.2. The maximum Gasteiger partial charge on any atom is 0.334 e. The monoisotopic (exact) mass is 495 g/mol. The molecule has 3 aliphatic rings. The predicted octanol–water partition coefficient (Wildman–Crippen LogP) is -1.10. The standard InChI is InChI=1S/C20H25N5O8S/c1-22-18(27)19(28)25(20(22)29)13-17(26)21-15-12-14(34(30,31)24-6-10-33-11-7-24)2-3-16(15)23-4-8-32-9-5-23/h2-3,12H,4-11,13H2,1H3,(H,21,26). The highest BCUT2D eigenvalue weighted by Crippen LogP contribution is 2.31. The molecule has 34 heavy (non-hydrogen) atoms. The molecule has 0 saturated carbocycles. The molecule has 1 aromatic carbocycles. The molecule has 1 N–H and O–H groups in total. The van der Waals surface area contributed by atoms with Crippen molar-refractivity contribution in [3.05, 3.63) is 18.2 Å². The van der Waals surface area contributed by atoms with Crippen LogP contribution in [0, 0.1) is 0 Å². The summed E-state index contributed by atoms with van der Waals surface area (Å²) in [6, 6.07) is 3.55. The highest BCUT2D eigenvalue weighted by atomic mass is 32.2. The number of carbonyl (C=O) groups excluding carboxylic acids is 4. The van der Waals surface area contributed by atoms with Crippen LogP contribution in [0.3, 0.4) is 0 Å². The molecule has 3 heterocycles. The van der Waals surface area contributed by atoms with Crippen molar-refractivity contribution >= 4 is 45.2 Å². The highest BCUT2D eigenvalue weighted by molar-refractivity contribution is 7.89. The molecule has 0 spiro atoms. The summed E-state index contributed by atoms with van der Waals surface area (Å²) in [5.41, 5.74) is 0.782. The van der Waals surface area contributed by atoms with Crippen molar-refractivity contribution in [1.29, 1.82) is 0 Å². The second kappa shape index (κ2) is 9.66. The predicted molar refractivity (Wildman–Crippen MR) is 118 cm³/mol. The van der Waals surface area contributed by atoms with E-state index in [1.807, 2.05) is 4.90 Å². The van der Waals surface area contributed by atoms with E-state index in [-0.39, 0.29) is 23.7 Å². The summed E-state index contributed by atoms with van der Waals surface area (Å²) < 4.78 is 38.2. The smallest absolute Gasteiger partial charge is 0.334 e. The number of anilines is 2. The molecule has 0 unspecified atom stereocenters. The van der Waals surface area contributed by atoms with Gasteiger partial charge in [0.15, 0.2) is 0 Å². The zero-order chi connectivity index (χ0) is 24.5. The van der Waals surface area contributed by atoms with Crippen molar-refractivity contribution in [2.75, 3.05) is 76.4 Å². The molecule has 0 aliphatic carbocycles. The second-order valence-electron chi connectivity index (χ2n) is 7.88. The first-order valence-corrected chi connectivity index (χ1v) is 12.1. The van der Waals surface area contributed by atoms with Crippen LogP contribution in [0.2, 0.25) is 0 Å². The molecular weight excluding hydrogens is 470 g/mol. The Morgan fingerprint density at radius 2 is 1.59 bits per heavy atom. The van der Waals surface area contributed by atoms with Gasteiger partial charge < -0.3 is 19.7 Å². The van der Waals surface area contributed by atoms with Gasteiger partial charge >= 0.3 is 17.8 Å². The molecule has 3 aliphatic heterocycles. The fourth-order valence-electron chi connectivity index (χ4n) is 3.88. The number of benzene rings is 1. The molecule has 4 rings (SSSR count). The number of urea groups is 1. The third-order valence-corrected chi connectivity index (χ3v) is 7.65. The number of rotatable bonds is 6. The van der Waals surface area contributed by atoms with Gasteiger partial charge in [0.05, 0.1) is 42.7 Å². The molecule has 3 fully saturated rings. The van der Waals surface area contributed by atoms with Crippen LogP contribution >= 0.6 is 0 Å². The van der Waals surface area contributed by atoms with Crippen molar-refractivity contribution in [3.63, 3.8) is 0 Å². The summed E-state index contributed by atoms with van der Waals surface area (Å²) in [4.78, 5) is 51.7. The average molecular weight is 496 g/mol. The summed E-state index contributed by atoms with van der Waals surface area (Å²) in [7, 11) is -2.68. The Hall–Kier alpha value is -3.07. The van der Waals surface area contributed by atoms with E-state index >= 15 is 0 Å². The van der Waals surface area contributed by atoms with Crippen molar-refractivity contribution < 1.29 is 37.1 Å². The van der Waals surface area contributed by atoms with Crippen LogP contribution in [-0.4, -0.2) is 112 Å². The molecular formula is C20H25N5O8S. The molecule has 1 aromatic rings. The number of imide groups is 2. The minimum atomic E-state index is -3.83. The van der Waals surface area contributed by atoms with Gasteiger partial charge in [-0.3, -0.25) is 19.3 Å². The number of ether oxygens (including phenoxy) is 2. The first kappa shape index (κ1) is 24.1. The summed E-state index contributed by atoms with van der Waals surface area (Å²) in [6.07, 6.45) is 0. The van der Waals surface area contributed by atoms with Gasteiger partial charge in [0.1, 0.15) is 6.54 Å². The van der Waals surface area contributed by atoms with E-state index < -0.39 is 40.3 Å². The molecule has 13 nitrogen and oxygen atoms in total. The molecule has 184 valence electrons. The van der Waals surface area contributed by atoms with Crippen LogP contribution in [-0.2, 0) is 33.9 Å². The van der Waals surface area contributed by atoms with Crippen molar-refractivity contribution in [2.24, 2.45) is 0 Å². The Labute approximate surface area is 196 Å². The SMILES string of the molecule is CN1C(=O)C(=O)N(CC(=O)Nc2cc(S(=O)(=O)N3CCOCC3)ccc2N2CCOCC2)C1=O. The molecule has 0 bridgehead atoms. The largest absolute Gasteiger partial charge is 0.379 e. The van der Waals surface area contributed by atoms with Crippen molar-refractivity contribution in [3.8, 4) is 0 Å². The van der Waals surface area contributed by atoms with E-state index in [1.165, 1.54) is 16.4 Å². The second-order valence-corrected chi connectivity index (χ2v) is 9.82. The Morgan fingerprint density at radius 3 is 2.18 bits per heavy atom. The first-order valence-electron chi connectivity index (χ1n) is 10.7. The molecule has 14 heteroatoms. The number of nitrogens with zero attached hydrogens (tertiary/aromatic N) is 4. The Morgan fingerprint density at radius 1 is 0.971 bits per heavy atom. The van der Waals surface area contributed by atoms with E-state index in [1.54, 1.807) is 6.07 Å². The van der Waals surface area contributed by atoms with E-state index in [2.05, 4.69) is 5.32 Å². The van der Waals surface area contributed by atoms with E-state index in [0.29, 0.717) is 55.0 Å². The van der Waals surface area contributed by atoms with Crippen LogP contribution in [0.5, 0.6) is 0 Å². The third-order valence-electron chi connectivity index (χ3n) is 5.75. The fourth-order valence-corrected chi connectivity index (χ4v) is 5.31. The molecule has 3 saturated heterocycles. The maximum atomic E-state index is 13.1. The highest BCUT2D eigenvalue weighted by Gasteiger charge is 2.43. The van der Waals surface area contributed by atoms with Crippen LogP contribution in [0.1, 0.15) is 0 Å². The minimum absolute atomic E-state index is 0.00931. The average Bonchev–Trinajstić information content (AvgIpc) is 3.03. The van der Waals surface area contributed by atoms with Crippen molar-refractivity contribution in [2.45, 2.75) is 4.90 Å².